The van der Waals surface area contributed by atoms with Crippen molar-refractivity contribution < 1.29 is 4.74 Å². The Morgan fingerprint density at radius 3 is 2.56 bits per heavy atom. The second-order valence-corrected chi connectivity index (χ2v) is 6.10. The molecule has 1 N–H and O–H groups in total. The summed E-state index contributed by atoms with van der Waals surface area (Å²) in [5.41, 5.74) is 0.0328. The van der Waals surface area contributed by atoms with Crippen molar-refractivity contribution in [2.75, 3.05) is 12.4 Å². The first-order valence-electron chi connectivity index (χ1n) is 5.62. The second-order valence-electron chi connectivity index (χ2n) is 5.34. The van der Waals surface area contributed by atoms with E-state index < -0.39 is 0 Å². The fourth-order valence-corrected chi connectivity index (χ4v) is 2.47. The molecule has 0 aromatic carbocycles. The summed E-state index contributed by atoms with van der Waals surface area (Å²) in [5.74, 6) is 0.919. The van der Waals surface area contributed by atoms with Crippen molar-refractivity contribution in [3.8, 4) is 0 Å². The van der Waals surface area contributed by atoms with Crippen LogP contribution < -0.4 is 5.32 Å². The minimum absolute atomic E-state index is 0.0328. The highest BCUT2D eigenvalue weighted by Gasteiger charge is 2.30. The third kappa shape index (κ3) is 2.52. The van der Waals surface area contributed by atoms with Gasteiger partial charge in [-0.1, -0.05) is 20.8 Å². The Kier molecular flexibility index (Phi) is 3.17. The van der Waals surface area contributed by atoms with Crippen molar-refractivity contribution in [1.82, 2.24) is 9.36 Å². The number of hydrogen-bond acceptors (Lipinski definition) is 5. The Balaban J connectivity index is 1.89. The predicted molar refractivity (Wildman–Crippen MR) is 66.1 cm³/mol. The van der Waals surface area contributed by atoms with Gasteiger partial charge >= 0.3 is 0 Å². The molecule has 1 aliphatic rings. The van der Waals surface area contributed by atoms with E-state index in [0.717, 1.165) is 23.8 Å². The standard InChI is InChI=1S/C11H19N3OS/c1-11(2,3)9-13-10(16-14-9)12-7-5-8(6-7)15-4/h7-8H,5-6H2,1-4H3,(H,12,13,14). The Morgan fingerprint density at radius 2 is 2.06 bits per heavy atom. The number of nitrogens with zero attached hydrogens (tertiary/aromatic N) is 2. The molecule has 1 fully saturated rings. The Hall–Kier alpha value is -0.680. The number of nitrogens with one attached hydrogen (secondary N) is 1. The third-order valence-corrected chi connectivity index (χ3v) is 3.50. The molecule has 90 valence electrons. The maximum absolute atomic E-state index is 5.24. The second kappa shape index (κ2) is 4.30. The van der Waals surface area contributed by atoms with E-state index in [1.807, 2.05) is 0 Å². The van der Waals surface area contributed by atoms with Crippen molar-refractivity contribution in [2.45, 2.75) is 51.2 Å². The van der Waals surface area contributed by atoms with Crippen LogP contribution in [0.3, 0.4) is 0 Å². The molecule has 1 heterocycles. The van der Waals surface area contributed by atoms with Gasteiger partial charge in [-0.15, -0.1) is 0 Å². The van der Waals surface area contributed by atoms with Crippen LogP contribution in [0.5, 0.6) is 0 Å². The van der Waals surface area contributed by atoms with Gasteiger partial charge in [0.1, 0.15) is 5.82 Å². The molecule has 1 saturated carbocycles. The highest BCUT2D eigenvalue weighted by Crippen LogP contribution is 2.28. The fourth-order valence-electron chi connectivity index (χ4n) is 1.64. The van der Waals surface area contributed by atoms with Gasteiger partial charge in [0.25, 0.3) is 0 Å². The zero-order valence-electron chi connectivity index (χ0n) is 10.3. The molecule has 1 aliphatic carbocycles. The van der Waals surface area contributed by atoms with Crippen LogP contribution in [0, 0.1) is 0 Å². The molecular formula is C11H19N3OS. The minimum Gasteiger partial charge on any atom is -0.381 e. The van der Waals surface area contributed by atoms with Gasteiger partial charge in [0.2, 0.25) is 5.13 Å². The molecule has 0 bridgehead atoms. The summed E-state index contributed by atoms with van der Waals surface area (Å²) >= 11 is 1.45. The lowest BCUT2D eigenvalue weighted by Crippen LogP contribution is -2.40. The lowest BCUT2D eigenvalue weighted by molar-refractivity contribution is 0.0328. The number of methoxy groups -OCH3 is 1. The van der Waals surface area contributed by atoms with Gasteiger partial charge in [0.15, 0.2) is 0 Å². The third-order valence-electron chi connectivity index (χ3n) is 2.85. The van der Waals surface area contributed by atoms with Gasteiger partial charge < -0.3 is 10.1 Å². The molecule has 0 aliphatic heterocycles. The van der Waals surface area contributed by atoms with Crippen molar-refractivity contribution in [2.24, 2.45) is 0 Å². The fraction of sp³-hybridized carbons (Fsp3) is 0.818. The molecule has 0 saturated heterocycles. The summed E-state index contributed by atoms with van der Waals surface area (Å²) < 4.78 is 9.62. The van der Waals surface area contributed by atoms with Crippen LogP contribution in [0.2, 0.25) is 0 Å². The quantitative estimate of drug-likeness (QED) is 0.883. The molecule has 16 heavy (non-hydrogen) atoms. The van der Waals surface area contributed by atoms with Crippen LogP contribution in [0.15, 0.2) is 0 Å². The van der Waals surface area contributed by atoms with E-state index in [1.165, 1.54) is 11.5 Å². The molecule has 0 spiro atoms. The highest BCUT2D eigenvalue weighted by molar-refractivity contribution is 7.09. The molecule has 0 unspecified atom stereocenters. The summed E-state index contributed by atoms with van der Waals surface area (Å²) in [5, 5.41) is 4.33. The number of ether oxygens (including phenoxy) is 1. The first-order valence-corrected chi connectivity index (χ1v) is 6.40. The number of hydrogen-bond donors (Lipinski definition) is 1. The smallest absolute Gasteiger partial charge is 0.202 e. The highest BCUT2D eigenvalue weighted by atomic mass is 32.1. The summed E-state index contributed by atoms with van der Waals surface area (Å²) in [6.07, 6.45) is 2.56. The van der Waals surface area contributed by atoms with Crippen LogP contribution in [0.1, 0.15) is 39.4 Å². The van der Waals surface area contributed by atoms with Crippen LogP contribution in [0.25, 0.3) is 0 Å². The summed E-state index contributed by atoms with van der Waals surface area (Å²) in [6, 6.07) is 0.505. The Morgan fingerprint density at radius 1 is 1.38 bits per heavy atom. The SMILES string of the molecule is COC1CC(Nc2nc(C(C)(C)C)ns2)C1. The monoisotopic (exact) mass is 241 g/mol. The minimum atomic E-state index is 0.0328. The molecule has 4 nitrogen and oxygen atoms in total. The van der Waals surface area contributed by atoms with Crippen molar-refractivity contribution >= 4 is 16.7 Å². The van der Waals surface area contributed by atoms with Gasteiger partial charge in [-0.3, -0.25) is 0 Å². The summed E-state index contributed by atoms with van der Waals surface area (Å²) in [7, 11) is 1.77. The van der Waals surface area contributed by atoms with Gasteiger partial charge in [0.05, 0.1) is 6.10 Å². The first-order chi connectivity index (χ1) is 7.49. The van der Waals surface area contributed by atoms with Crippen LogP contribution in [-0.4, -0.2) is 28.6 Å². The maximum Gasteiger partial charge on any atom is 0.202 e. The lowest BCUT2D eigenvalue weighted by Gasteiger charge is -2.34. The molecule has 0 atom stereocenters. The summed E-state index contributed by atoms with van der Waals surface area (Å²) in [4.78, 5) is 4.51. The normalized spacial score (nSPS) is 25.2. The number of aromatic nitrogens is 2. The van der Waals surface area contributed by atoms with Gasteiger partial charge in [0, 0.05) is 30.1 Å². The molecule has 1 aromatic heterocycles. The van der Waals surface area contributed by atoms with Crippen LogP contribution in [-0.2, 0) is 10.2 Å². The van der Waals surface area contributed by atoms with Crippen LogP contribution >= 0.6 is 11.5 Å². The van der Waals surface area contributed by atoms with E-state index in [4.69, 9.17) is 4.74 Å². The van der Waals surface area contributed by atoms with E-state index in [-0.39, 0.29) is 5.41 Å². The molecule has 1 aromatic rings. The number of rotatable bonds is 3. The predicted octanol–water partition coefficient (Wildman–Crippen LogP) is 2.42. The van der Waals surface area contributed by atoms with Crippen molar-refractivity contribution in [1.29, 1.82) is 0 Å². The van der Waals surface area contributed by atoms with Gasteiger partial charge in [-0.25, -0.2) is 4.98 Å². The zero-order valence-corrected chi connectivity index (χ0v) is 11.1. The van der Waals surface area contributed by atoms with Gasteiger partial charge in [-0.05, 0) is 12.8 Å². The number of anilines is 1. The van der Waals surface area contributed by atoms with Crippen LogP contribution in [0.4, 0.5) is 5.13 Å². The lowest BCUT2D eigenvalue weighted by atomic mass is 9.89. The summed E-state index contributed by atoms with van der Waals surface area (Å²) in [6.45, 7) is 6.38. The largest absolute Gasteiger partial charge is 0.381 e. The molecule has 0 amide bonds. The average Bonchev–Trinajstić information content (AvgIpc) is 2.57. The topological polar surface area (TPSA) is 47.0 Å². The van der Waals surface area contributed by atoms with E-state index in [1.54, 1.807) is 7.11 Å². The first kappa shape index (κ1) is 11.8. The Bertz CT molecular complexity index is 352. The van der Waals surface area contributed by atoms with Crippen molar-refractivity contribution in [3.05, 3.63) is 5.82 Å². The van der Waals surface area contributed by atoms with E-state index in [0.29, 0.717) is 12.1 Å². The molecule has 2 rings (SSSR count). The van der Waals surface area contributed by atoms with E-state index in [2.05, 4.69) is 35.4 Å². The van der Waals surface area contributed by atoms with E-state index in [9.17, 15) is 0 Å². The Labute approximate surface area is 101 Å². The van der Waals surface area contributed by atoms with E-state index >= 15 is 0 Å². The molecular weight excluding hydrogens is 222 g/mol. The maximum atomic E-state index is 5.24. The molecule has 5 heteroatoms. The zero-order chi connectivity index (χ0) is 11.8. The molecule has 0 radical (unpaired) electrons. The van der Waals surface area contributed by atoms with Crippen molar-refractivity contribution in [3.63, 3.8) is 0 Å². The average molecular weight is 241 g/mol. The van der Waals surface area contributed by atoms with Gasteiger partial charge in [-0.2, -0.15) is 4.37 Å².